The first-order chi connectivity index (χ1) is 9.75. The molecule has 0 saturated heterocycles. The van der Waals surface area contributed by atoms with E-state index in [0.717, 1.165) is 12.0 Å². The molecule has 0 radical (unpaired) electrons. The minimum atomic E-state index is -0.297. The largest absolute Gasteiger partial charge is 0.487 e. The smallest absolute Gasteiger partial charge is 0.165 e. The van der Waals surface area contributed by atoms with Crippen LogP contribution in [-0.2, 0) is 0 Å². The van der Waals surface area contributed by atoms with E-state index in [-0.39, 0.29) is 28.8 Å². The van der Waals surface area contributed by atoms with Gasteiger partial charge in [-0.2, -0.15) is 0 Å². The first kappa shape index (κ1) is 14.8. The molecule has 3 unspecified atom stereocenters. The summed E-state index contributed by atoms with van der Waals surface area (Å²) in [5.41, 5.74) is 7.02. The van der Waals surface area contributed by atoms with Crippen molar-refractivity contribution in [2.45, 2.75) is 59.1 Å². The Morgan fingerprint density at radius 3 is 2.52 bits per heavy atom. The third kappa shape index (κ3) is 2.09. The fourth-order valence-corrected chi connectivity index (χ4v) is 4.36. The first-order valence-corrected chi connectivity index (χ1v) is 7.97. The van der Waals surface area contributed by atoms with E-state index < -0.39 is 0 Å². The summed E-state index contributed by atoms with van der Waals surface area (Å²) in [7, 11) is 0. The van der Waals surface area contributed by atoms with Gasteiger partial charge in [0.05, 0.1) is 0 Å². The third-order valence-electron chi connectivity index (χ3n) is 6.46. The summed E-state index contributed by atoms with van der Waals surface area (Å²) in [5.74, 6) is 0.766. The first-order valence-electron chi connectivity index (χ1n) is 7.97. The maximum Gasteiger partial charge on any atom is 0.165 e. The van der Waals surface area contributed by atoms with Crippen molar-refractivity contribution in [1.82, 2.24) is 0 Å². The van der Waals surface area contributed by atoms with E-state index in [9.17, 15) is 4.39 Å². The van der Waals surface area contributed by atoms with E-state index in [1.54, 1.807) is 6.07 Å². The molecule has 2 aliphatic carbocycles. The van der Waals surface area contributed by atoms with Crippen LogP contribution in [0.5, 0.6) is 5.75 Å². The molecule has 1 aromatic rings. The number of ether oxygens (including phenoxy) is 1. The molecule has 0 amide bonds. The Morgan fingerprint density at radius 1 is 1.33 bits per heavy atom. The van der Waals surface area contributed by atoms with Crippen molar-refractivity contribution in [3.05, 3.63) is 29.6 Å². The molecular weight excluding hydrogens is 265 g/mol. The quantitative estimate of drug-likeness (QED) is 0.893. The highest BCUT2D eigenvalue weighted by Gasteiger charge is 2.62. The second-order valence-electron chi connectivity index (χ2n) is 7.70. The lowest BCUT2D eigenvalue weighted by Crippen LogP contribution is -2.39. The van der Waals surface area contributed by atoms with E-state index >= 15 is 0 Å². The van der Waals surface area contributed by atoms with Gasteiger partial charge in [0.15, 0.2) is 11.6 Å². The molecule has 0 aromatic heterocycles. The van der Waals surface area contributed by atoms with Crippen LogP contribution < -0.4 is 10.5 Å². The zero-order chi connectivity index (χ0) is 15.4. The minimum Gasteiger partial charge on any atom is -0.487 e. The molecule has 21 heavy (non-hydrogen) atoms. The molecule has 0 aliphatic heterocycles. The summed E-state index contributed by atoms with van der Waals surface area (Å²) in [5, 5.41) is 0. The number of rotatable bonds is 3. The van der Waals surface area contributed by atoms with Crippen molar-refractivity contribution in [1.29, 1.82) is 0 Å². The SMILES string of the molecule is C[C@H](N)c1ccc(OC2CC3CCC2(C)C3(C)C)c(F)c1. The summed E-state index contributed by atoms with van der Waals surface area (Å²) in [4.78, 5) is 0. The van der Waals surface area contributed by atoms with Crippen LogP contribution in [0, 0.1) is 22.6 Å². The standard InChI is InChI=1S/C18H26FNO/c1-11(20)12-5-6-15(14(19)9-12)21-16-10-13-7-8-18(16,4)17(13,2)3/h5-6,9,11,13,16H,7-8,10,20H2,1-4H3/t11-,13?,16?,18?/m0/s1. The Labute approximate surface area is 126 Å². The monoisotopic (exact) mass is 291 g/mol. The van der Waals surface area contributed by atoms with E-state index in [1.807, 2.05) is 13.0 Å². The molecule has 0 heterocycles. The molecule has 2 N–H and O–H groups in total. The Kier molecular flexibility index (Phi) is 3.32. The lowest BCUT2D eigenvalue weighted by Gasteiger charge is -2.38. The molecule has 2 saturated carbocycles. The van der Waals surface area contributed by atoms with Gasteiger partial charge < -0.3 is 10.5 Å². The number of fused-ring (bicyclic) bond motifs is 2. The lowest BCUT2D eigenvalue weighted by molar-refractivity contribution is 0.0278. The van der Waals surface area contributed by atoms with Crippen LogP contribution in [0.1, 0.15) is 58.6 Å². The van der Waals surface area contributed by atoms with Crippen LogP contribution in [0.4, 0.5) is 4.39 Å². The second kappa shape index (κ2) is 4.70. The van der Waals surface area contributed by atoms with Gasteiger partial charge in [-0.05, 0) is 55.2 Å². The summed E-state index contributed by atoms with van der Waals surface area (Å²) in [6.45, 7) is 8.83. The molecule has 0 spiro atoms. The fourth-order valence-electron chi connectivity index (χ4n) is 4.36. The van der Waals surface area contributed by atoms with Crippen molar-refractivity contribution in [2.75, 3.05) is 0 Å². The number of hydrogen-bond acceptors (Lipinski definition) is 2. The fraction of sp³-hybridized carbons (Fsp3) is 0.667. The molecule has 1 aromatic carbocycles. The lowest BCUT2D eigenvalue weighted by atomic mass is 9.70. The number of halogens is 1. The molecule has 2 fully saturated rings. The Balaban J connectivity index is 1.83. The predicted molar refractivity (Wildman–Crippen MR) is 82.6 cm³/mol. The average Bonchev–Trinajstić information content (AvgIpc) is 2.74. The summed E-state index contributed by atoms with van der Waals surface area (Å²) in [6.07, 6.45) is 3.60. The van der Waals surface area contributed by atoms with Gasteiger partial charge in [-0.1, -0.05) is 26.8 Å². The topological polar surface area (TPSA) is 35.2 Å². The highest BCUT2D eigenvalue weighted by molar-refractivity contribution is 5.31. The van der Waals surface area contributed by atoms with Gasteiger partial charge in [0, 0.05) is 11.5 Å². The van der Waals surface area contributed by atoms with Gasteiger partial charge >= 0.3 is 0 Å². The van der Waals surface area contributed by atoms with Crippen LogP contribution in [-0.4, -0.2) is 6.10 Å². The molecule has 2 nitrogen and oxygen atoms in total. The molecule has 2 aliphatic rings. The van der Waals surface area contributed by atoms with Crippen LogP contribution >= 0.6 is 0 Å². The zero-order valence-electron chi connectivity index (χ0n) is 13.4. The van der Waals surface area contributed by atoms with Crippen molar-refractivity contribution in [3.63, 3.8) is 0 Å². The van der Waals surface area contributed by atoms with Crippen LogP contribution in [0.3, 0.4) is 0 Å². The van der Waals surface area contributed by atoms with E-state index in [1.165, 1.54) is 18.9 Å². The average molecular weight is 291 g/mol. The summed E-state index contributed by atoms with van der Waals surface area (Å²) < 4.78 is 20.3. The highest BCUT2D eigenvalue weighted by Crippen LogP contribution is 2.66. The maximum atomic E-state index is 14.2. The van der Waals surface area contributed by atoms with Crippen molar-refractivity contribution in [3.8, 4) is 5.75 Å². The van der Waals surface area contributed by atoms with Crippen LogP contribution in [0.2, 0.25) is 0 Å². The van der Waals surface area contributed by atoms with Crippen molar-refractivity contribution < 1.29 is 9.13 Å². The van der Waals surface area contributed by atoms with Crippen LogP contribution in [0.15, 0.2) is 18.2 Å². The second-order valence-corrected chi connectivity index (χ2v) is 7.70. The number of nitrogens with two attached hydrogens (primary N) is 1. The molecule has 3 heteroatoms. The Bertz CT molecular complexity index is 554. The zero-order valence-corrected chi connectivity index (χ0v) is 13.4. The number of hydrogen-bond donors (Lipinski definition) is 1. The van der Waals surface area contributed by atoms with Gasteiger partial charge in [0.2, 0.25) is 0 Å². The van der Waals surface area contributed by atoms with Crippen LogP contribution in [0.25, 0.3) is 0 Å². The maximum absolute atomic E-state index is 14.2. The van der Waals surface area contributed by atoms with Crippen molar-refractivity contribution >= 4 is 0 Å². The molecular formula is C18H26FNO. The third-order valence-corrected chi connectivity index (χ3v) is 6.46. The van der Waals surface area contributed by atoms with Gasteiger partial charge in [-0.15, -0.1) is 0 Å². The van der Waals surface area contributed by atoms with Gasteiger partial charge in [-0.25, -0.2) is 4.39 Å². The van der Waals surface area contributed by atoms with Gasteiger partial charge in [0.1, 0.15) is 6.10 Å². The number of benzene rings is 1. The normalized spacial score (nSPS) is 35.0. The molecule has 2 bridgehead atoms. The minimum absolute atomic E-state index is 0.113. The predicted octanol–water partition coefficient (Wildman–Crippen LogP) is 4.44. The van der Waals surface area contributed by atoms with Crippen molar-refractivity contribution in [2.24, 2.45) is 22.5 Å². The molecule has 4 atom stereocenters. The Hall–Kier alpha value is -1.09. The molecule has 3 rings (SSSR count). The summed E-state index contributed by atoms with van der Waals surface area (Å²) >= 11 is 0. The Morgan fingerprint density at radius 2 is 2.05 bits per heavy atom. The van der Waals surface area contributed by atoms with E-state index in [2.05, 4.69) is 20.8 Å². The molecule has 116 valence electrons. The van der Waals surface area contributed by atoms with E-state index in [0.29, 0.717) is 11.7 Å². The highest BCUT2D eigenvalue weighted by atomic mass is 19.1. The summed E-state index contributed by atoms with van der Waals surface area (Å²) in [6, 6.07) is 4.94. The van der Waals surface area contributed by atoms with Gasteiger partial charge in [0.25, 0.3) is 0 Å². The van der Waals surface area contributed by atoms with Gasteiger partial charge in [-0.3, -0.25) is 0 Å². The van der Waals surface area contributed by atoms with E-state index in [4.69, 9.17) is 10.5 Å².